The molecule has 4 rings (SSSR count). The van der Waals surface area contributed by atoms with E-state index in [1.54, 1.807) is 29.3 Å². The van der Waals surface area contributed by atoms with Crippen LogP contribution < -0.4 is 27.1 Å². The second-order valence-electron chi connectivity index (χ2n) is 10.1. The first-order valence-electron chi connectivity index (χ1n) is 13.0. The molecule has 0 aliphatic carbocycles. The fourth-order valence-electron chi connectivity index (χ4n) is 4.98. The van der Waals surface area contributed by atoms with Crippen molar-refractivity contribution in [1.82, 2.24) is 24.7 Å². The molecule has 0 spiro atoms. The number of aryl methyl sites for hydroxylation is 1. The number of ether oxygens (including phenoxy) is 1. The molecule has 2 aliphatic rings. The van der Waals surface area contributed by atoms with Crippen molar-refractivity contribution in [3.05, 3.63) is 50.1 Å². The first-order chi connectivity index (χ1) is 19.0. The summed E-state index contributed by atoms with van der Waals surface area (Å²) in [6, 6.07) is 5.12. The molecule has 40 heavy (non-hydrogen) atoms. The van der Waals surface area contributed by atoms with Gasteiger partial charge in [-0.1, -0.05) is 25.4 Å². The third-order valence-corrected chi connectivity index (χ3v) is 7.66. The van der Waals surface area contributed by atoms with Gasteiger partial charge in [-0.05, 0) is 18.2 Å². The van der Waals surface area contributed by atoms with E-state index >= 15 is 0 Å². The summed E-state index contributed by atoms with van der Waals surface area (Å²) in [5, 5.41) is 9.08. The lowest BCUT2D eigenvalue weighted by atomic mass is 9.87. The number of guanidine groups is 1. The van der Waals surface area contributed by atoms with Gasteiger partial charge in [0.1, 0.15) is 0 Å². The molecule has 218 valence electrons. The molecule has 14 heteroatoms. The second-order valence-corrected chi connectivity index (χ2v) is 10.5. The number of rotatable bonds is 8. The van der Waals surface area contributed by atoms with E-state index < -0.39 is 35.0 Å². The van der Waals surface area contributed by atoms with Crippen LogP contribution in [0.3, 0.4) is 0 Å². The van der Waals surface area contributed by atoms with Crippen molar-refractivity contribution in [3.63, 3.8) is 0 Å². The number of aliphatic imine (C=N–C) groups is 1. The van der Waals surface area contributed by atoms with Crippen molar-refractivity contribution in [2.45, 2.75) is 45.4 Å². The molecule has 1 saturated heterocycles. The summed E-state index contributed by atoms with van der Waals surface area (Å²) in [7, 11) is 3.00. The highest BCUT2D eigenvalue weighted by Crippen LogP contribution is 2.37. The number of nitrogens with zero attached hydrogens (tertiary/aromatic N) is 4. The molecule has 2 aliphatic heterocycles. The Bertz CT molecular complexity index is 1440. The van der Waals surface area contributed by atoms with Gasteiger partial charge in [-0.25, -0.2) is 13.8 Å². The lowest BCUT2D eigenvalue weighted by Crippen LogP contribution is -2.56. The van der Waals surface area contributed by atoms with Crippen LogP contribution in [-0.4, -0.2) is 71.8 Å². The maximum atomic E-state index is 14.4. The first-order valence-corrected chi connectivity index (χ1v) is 13.4. The highest BCUT2D eigenvalue weighted by atomic mass is 35.5. The summed E-state index contributed by atoms with van der Waals surface area (Å²) >= 11 is 6.45. The van der Waals surface area contributed by atoms with E-state index in [-0.39, 0.29) is 45.1 Å². The lowest BCUT2D eigenvalue weighted by molar-refractivity contribution is -0.128. The van der Waals surface area contributed by atoms with Crippen LogP contribution in [0.15, 0.2) is 44.0 Å². The van der Waals surface area contributed by atoms with Gasteiger partial charge in [0.25, 0.3) is 5.92 Å². The van der Waals surface area contributed by atoms with Crippen molar-refractivity contribution in [3.8, 4) is 0 Å². The number of nitrogens with one attached hydrogen (secondary N) is 3. The van der Waals surface area contributed by atoms with E-state index in [9.17, 15) is 23.2 Å². The number of methoxy groups -OCH3 is 1. The summed E-state index contributed by atoms with van der Waals surface area (Å²) < 4.78 is 36.5. The minimum atomic E-state index is -2.76. The van der Waals surface area contributed by atoms with Crippen LogP contribution in [0, 0.1) is 11.8 Å². The number of carbonyl (C=O) groups excluding carboxylic acids is 1. The van der Waals surface area contributed by atoms with Crippen molar-refractivity contribution in [1.29, 1.82) is 0 Å². The smallest absolute Gasteiger partial charge is 0.317 e. The van der Waals surface area contributed by atoms with Crippen molar-refractivity contribution >= 4 is 40.2 Å². The van der Waals surface area contributed by atoms with Gasteiger partial charge in [0.05, 0.1) is 22.7 Å². The Kier molecular flexibility index (Phi) is 8.83. The summed E-state index contributed by atoms with van der Waals surface area (Å²) in [4.78, 5) is 44.3. The van der Waals surface area contributed by atoms with Crippen molar-refractivity contribution in [2.75, 3.05) is 39.2 Å². The monoisotopic (exact) mass is 581 g/mol. The molecule has 11 nitrogen and oxygen atoms in total. The lowest BCUT2D eigenvalue weighted by Gasteiger charge is -2.43. The molecule has 1 amide bonds. The predicted octanol–water partition coefficient (Wildman–Crippen LogP) is 1.95. The van der Waals surface area contributed by atoms with E-state index in [2.05, 4.69) is 20.9 Å². The van der Waals surface area contributed by atoms with Crippen LogP contribution in [0.25, 0.3) is 11.0 Å². The molecule has 1 aromatic heterocycles. The zero-order valence-electron chi connectivity index (χ0n) is 22.8. The molecule has 2 aromatic rings. The minimum Gasteiger partial charge on any atom is -0.383 e. The molecule has 1 aromatic carbocycles. The maximum Gasteiger partial charge on any atom is 0.317 e. The molecule has 0 bridgehead atoms. The van der Waals surface area contributed by atoms with Gasteiger partial charge in [-0.2, -0.15) is 0 Å². The molecule has 3 N–H and O–H groups in total. The number of halogens is 3. The Hall–Kier alpha value is -3.45. The predicted molar refractivity (Wildman–Crippen MR) is 150 cm³/mol. The number of fused-ring (bicyclic) bond motifs is 1. The second kappa shape index (κ2) is 12.0. The summed E-state index contributed by atoms with van der Waals surface area (Å²) in [5.41, 5.74) is 0.0171. The van der Waals surface area contributed by atoms with Crippen molar-refractivity contribution in [2.24, 2.45) is 16.8 Å². The number of carbonyl (C=O) groups is 1. The fourth-order valence-corrected chi connectivity index (χ4v) is 5.13. The molecule has 1 fully saturated rings. The van der Waals surface area contributed by atoms with E-state index in [0.29, 0.717) is 27.7 Å². The van der Waals surface area contributed by atoms with Crippen LogP contribution in [0.1, 0.15) is 20.3 Å². The summed E-state index contributed by atoms with van der Waals surface area (Å²) in [5.74, 6) is -4.31. The van der Waals surface area contributed by atoms with Crippen molar-refractivity contribution < 1.29 is 18.3 Å². The van der Waals surface area contributed by atoms with Crippen LogP contribution in [0.2, 0.25) is 0 Å². The largest absolute Gasteiger partial charge is 0.383 e. The molecule has 0 saturated carbocycles. The average Bonchev–Trinajstić information content (AvgIpc) is 2.93. The average molecular weight is 582 g/mol. The van der Waals surface area contributed by atoms with E-state index in [0.717, 1.165) is 0 Å². The number of aromatic nitrogens is 2. The minimum absolute atomic E-state index is 0.00505. The van der Waals surface area contributed by atoms with Gasteiger partial charge < -0.3 is 30.2 Å². The van der Waals surface area contributed by atoms with Gasteiger partial charge in [0, 0.05) is 70.5 Å². The quantitative estimate of drug-likeness (QED) is 0.407. The summed E-state index contributed by atoms with van der Waals surface area (Å²) in [6.07, 6.45) is 0.841. The standard InChI is InChI=1S/C26H34ClF2N7O4/c1-15-13-34(14-16(2)26(15,28)29)25-31-12-18(27)22(33-25)32-17-5-6-19-20(11-17)35(8-7-21(37)30-3)23(38)24(39)36(19)9-10-40-4/h5-6,11-12,15-16,22,32H,7-10,13-14H2,1-4H3,(H,30,37)(H,31,33)/t15-,16+,22?. The number of alkyl halides is 2. The third kappa shape index (κ3) is 5.85. The van der Waals surface area contributed by atoms with E-state index in [1.165, 1.54) is 37.1 Å². The van der Waals surface area contributed by atoms with Crippen LogP contribution in [0.5, 0.6) is 0 Å². The number of piperidine rings is 1. The Morgan fingerprint density at radius 1 is 1.15 bits per heavy atom. The molecule has 0 radical (unpaired) electrons. The van der Waals surface area contributed by atoms with Crippen LogP contribution in [-0.2, 0) is 22.6 Å². The number of hydrogen-bond acceptors (Lipinski definition) is 8. The first kappa shape index (κ1) is 29.5. The molecule has 1 unspecified atom stereocenters. The molecular weight excluding hydrogens is 548 g/mol. The maximum absolute atomic E-state index is 14.4. The summed E-state index contributed by atoms with van der Waals surface area (Å²) in [6.45, 7) is 3.72. The molecular formula is C26H34ClF2N7O4. The fraction of sp³-hybridized carbons (Fsp3) is 0.538. The van der Waals surface area contributed by atoms with Gasteiger partial charge >= 0.3 is 11.1 Å². The Morgan fingerprint density at radius 2 is 1.80 bits per heavy atom. The van der Waals surface area contributed by atoms with Crippen LogP contribution in [0.4, 0.5) is 14.5 Å². The topological polar surface area (TPSA) is 122 Å². The van der Waals surface area contributed by atoms with Gasteiger partial charge in [-0.3, -0.25) is 19.0 Å². The van der Waals surface area contributed by atoms with Crippen LogP contribution >= 0.6 is 11.6 Å². The number of likely N-dealkylation sites (tertiary alicyclic amines) is 1. The zero-order valence-corrected chi connectivity index (χ0v) is 23.6. The van der Waals surface area contributed by atoms with Gasteiger partial charge in [0.2, 0.25) is 11.9 Å². The highest BCUT2D eigenvalue weighted by molar-refractivity contribution is 6.30. The van der Waals surface area contributed by atoms with Gasteiger partial charge in [-0.15, -0.1) is 0 Å². The normalized spacial score (nSPS) is 22.4. The molecule has 3 atom stereocenters. The number of amides is 1. The Balaban J connectivity index is 1.68. The number of anilines is 1. The van der Waals surface area contributed by atoms with E-state index in [1.807, 2.05) is 0 Å². The number of benzene rings is 1. The van der Waals surface area contributed by atoms with E-state index in [4.69, 9.17) is 16.3 Å². The number of hydrogen-bond donors (Lipinski definition) is 3. The third-order valence-electron chi connectivity index (χ3n) is 7.35. The highest BCUT2D eigenvalue weighted by Gasteiger charge is 2.47. The Morgan fingerprint density at radius 3 is 2.42 bits per heavy atom. The van der Waals surface area contributed by atoms with Gasteiger partial charge in [0.15, 0.2) is 6.17 Å². The SMILES string of the molecule is CNC(=O)CCn1c(=O)c(=O)n(CCOC)c2ccc(NC3N=C(N4C[C@@H](C)C(F)(F)[C@@H](C)C4)NC=C3Cl)cc21. The Labute approximate surface area is 234 Å². The molecule has 3 heterocycles. The zero-order chi connectivity index (χ0) is 29.2.